The van der Waals surface area contributed by atoms with Crippen molar-refractivity contribution in [2.45, 2.75) is 45.1 Å². The van der Waals surface area contributed by atoms with Gasteiger partial charge in [0.1, 0.15) is 0 Å². The second-order valence-electron chi connectivity index (χ2n) is 6.65. The number of hydrogen-bond donors (Lipinski definition) is 1. The summed E-state index contributed by atoms with van der Waals surface area (Å²) in [6.45, 7) is 4.47. The van der Waals surface area contributed by atoms with Gasteiger partial charge in [0, 0.05) is 13.1 Å². The molecule has 1 aromatic rings. The standard InChI is InChI=1S/C17H23NO2/c1-17(16(19)20)9-4-10-18(12-17)11-14-5-2-3-6-15(14)13-7-8-13/h2-3,5-6,13H,4,7-12H2,1H3,(H,19,20). The average molecular weight is 273 g/mol. The van der Waals surface area contributed by atoms with Crippen LogP contribution in [0.25, 0.3) is 0 Å². The van der Waals surface area contributed by atoms with Gasteiger partial charge in [-0.05, 0) is 56.2 Å². The van der Waals surface area contributed by atoms with Crippen LogP contribution in [0.3, 0.4) is 0 Å². The third kappa shape index (κ3) is 2.73. The van der Waals surface area contributed by atoms with Crippen molar-refractivity contribution in [3.63, 3.8) is 0 Å². The fraction of sp³-hybridized carbons (Fsp3) is 0.588. The molecule has 3 nitrogen and oxygen atoms in total. The number of hydrogen-bond acceptors (Lipinski definition) is 2. The molecule has 1 N–H and O–H groups in total. The SMILES string of the molecule is CC1(C(=O)O)CCCN(Cc2ccccc2C2CC2)C1. The first kappa shape index (κ1) is 13.6. The molecule has 20 heavy (non-hydrogen) atoms. The Kier molecular flexibility index (Phi) is 3.55. The Morgan fingerprint density at radius 3 is 2.85 bits per heavy atom. The largest absolute Gasteiger partial charge is 0.481 e. The summed E-state index contributed by atoms with van der Waals surface area (Å²) < 4.78 is 0. The van der Waals surface area contributed by atoms with E-state index < -0.39 is 11.4 Å². The molecule has 0 amide bonds. The van der Waals surface area contributed by atoms with Crippen LogP contribution in [0.4, 0.5) is 0 Å². The zero-order valence-corrected chi connectivity index (χ0v) is 12.1. The van der Waals surface area contributed by atoms with Crippen molar-refractivity contribution in [2.75, 3.05) is 13.1 Å². The summed E-state index contributed by atoms with van der Waals surface area (Å²) in [5.41, 5.74) is 2.30. The molecule has 0 bridgehead atoms. The van der Waals surface area contributed by atoms with Crippen molar-refractivity contribution >= 4 is 5.97 Å². The third-order valence-corrected chi connectivity index (χ3v) is 4.76. The molecule has 1 saturated heterocycles. The van der Waals surface area contributed by atoms with Crippen LogP contribution in [0.15, 0.2) is 24.3 Å². The molecular weight excluding hydrogens is 250 g/mol. The Labute approximate surface area is 120 Å². The Bertz CT molecular complexity index is 509. The lowest BCUT2D eigenvalue weighted by atomic mass is 9.82. The van der Waals surface area contributed by atoms with E-state index in [1.807, 2.05) is 6.92 Å². The number of benzene rings is 1. The second kappa shape index (κ2) is 5.21. The Morgan fingerprint density at radius 2 is 2.15 bits per heavy atom. The molecule has 1 aliphatic heterocycles. The van der Waals surface area contributed by atoms with E-state index in [-0.39, 0.29) is 0 Å². The summed E-state index contributed by atoms with van der Waals surface area (Å²) in [6, 6.07) is 8.67. The highest BCUT2D eigenvalue weighted by Crippen LogP contribution is 2.42. The molecule has 2 aliphatic rings. The number of piperidine rings is 1. The first-order valence-corrected chi connectivity index (χ1v) is 7.62. The van der Waals surface area contributed by atoms with Crippen molar-refractivity contribution in [1.82, 2.24) is 4.90 Å². The number of nitrogens with zero attached hydrogens (tertiary/aromatic N) is 1. The lowest BCUT2D eigenvalue weighted by molar-refractivity contribution is -0.151. The molecule has 1 atom stereocenters. The monoisotopic (exact) mass is 273 g/mol. The molecule has 2 fully saturated rings. The van der Waals surface area contributed by atoms with Crippen LogP contribution in [-0.4, -0.2) is 29.1 Å². The van der Waals surface area contributed by atoms with Gasteiger partial charge < -0.3 is 5.11 Å². The Hall–Kier alpha value is -1.35. The first-order chi connectivity index (χ1) is 9.58. The van der Waals surface area contributed by atoms with Crippen LogP contribution in [0.2, 0.25) is 0 Å². The smallest absolute Gasteiger partial charge is 0.310 e. The fourth-order valence-corrected chi connectivity index (χ4v) is 3.37. The maximum atomic E-state index is 11.4. The zero-order valence-electron chi connectivity index (χ0n) is 12.1. The van der Waals surface area contributed by atoms with Crippen molar-refractivity contribution in [3.05, 3.63) is 35.4 Å². The molecule has 1 aliphatic carbocycles. The predicted octanol–water partition coefficient (Wildman–Crippen LogP) is 3.25. The first-order valence-electron chi connectivity index (χ1n) is 7.62. The maximum absolute atomic E-state index is 11.4. The normalized spacial score (nSPS) is 27.4. The summed E-state index contributed by atoms with van der Waals surface area (Å²) >= 11 is 0. The van der Waals surface area contributed by atoms with E-state index in [0.717, 1.165) is 31.8 Å². The van der Waals surface area contributed by atoms with Crippen LogP contribution < -0.4 is 0 Å². The number of carboxylic acid groups (broad SMARTS) is 1. The van der Waals surface area contributed by atoms with Crippen molar-refractivity contribution in [1.29, 1.82) is 0 Å². The van der Waals surface area contributed by atoms with Crippen LogP contribution in [0.1, 0.15) is 49.7 Å². The van der Waals surface area contributed by atoms with Gasteiger partial charge in [-0.15, -0.1) is 0 Å². The van der Waals surface area contributed by atoms with E-state index in [1.165, 1.54) is 24.0 Å². The van der Waals surface area contributed by atoms with E-state index in [1.54, 1.807) is 0 Å². The Balaban J connectivity index is 1.73. The lowest BCUT2D eigenvalue weighted by Gasteiger charge is -2.37. The van der Waals surface area contributed by atoms with Crippen LogP contribution in [0.5, 0.6) is 0 Å². The topological polar surface area (TPSA) is 40.5 Å². The van der Waals surface area contributed by atoms with Crippen LogP contribution in [-0.2, 0) is 11.3 Å². The highest BCUT2D eigenvalue weighted by atomic mass is 16.4. The van der Waals surface area contributed by atoms with Gasteiger partial charge in [0.15, 0.2) is 0 Å². The van der Waals surface area contributed by atoms with E-state index in [9.17, 15) is 9.90 Å². The van der Waals surface area contributed by atoms with Crippen LogP contribution in [0, 0.1) is 5.41 Å². The van der Waals surface area contributed by atoms with Gasteiger partial charge >= 0.3 is 5.97 Å². The molecule has 1 saturated carbocycles. The third-order valence-electron chi connectivity index (χ3n) is 4.76. The fourth-order valence-electron chi connectivity index (χ4n) is 3.37. The number of aliphatic carboxylic acids is 1. The molecule has 0 spiro atoms. The van der Waals surface area contributed by atoms with Gasteiger partial charge in [-0.25, -0.2) is 0 Å². The average Bonchev–Trinajstić information content (AvgIpc) is 3.24. The molecule has 108 valence electrons. The summed E-state index contributed by atoms with van der Waals surface area (Å²) in [4.78, 5) is 13.8. The molecule has 3 heteroatoms. The van der Waals surface area contributed by atoms with E-state index in [4.69, 9.17) is 0 Å². The van der Waals surface area contributed by atoms with Gasteiger partial charge in [0.25, 0.3) is 0 Å². The van der Waals surface area contributed by atoms with E-state index in [2.05, 4.69) is 29.2 Å². The van der Waals surface area contributed by atoms with E-state index >= 15 is 0 Å². The highest BCUT2D eigenvalue weighted by molar-refractivity contribution is 5.74. The van der Waals surface area contributed by atoms with Crippen molar-refractivity contribution < 1.29 is 9.90 Å². The minimum absolute atomic E-state index is 0.577. The highest BCUT2D eigenvalue weighted by Gasteiger charge is 2.38. The zero-order chi connectivity index (χ0) is 14.2. The summed E-state index contributed by atoms with van der Waals surface area (Å²) in [5, 5.41) is 9.41. The molecule has 3 rings (SSSR count). The predicted molar refractivity (Wildman–Crippen MR) is 78.7 cm³/mol. The number of rotatable bonds is 4. The van der Waals surface area contributed by atoms with Crippen molar-refractivity contribution in [2.24, 2.45) is 5.41 Å². The van der Waals surface area contributed by atoms with Gasteiger partial charge in [0.05, 0.1) is 5.41 Å². The van der Waals surface area contributed by atoms with Gasteiger partial charge in [-0.3, -0.25) is 9.69 Å². The minimum atomic E-state index is -0.655. The summed E-state index contributed by atoms with van der Waals surface area (Å²) in [6.07, 6.45) is 4.39. The maximum Gasteiger partial charge on any atom is 0.310 e. The van der Waals surface area contributed by atoms with E-state index in [0.29, 0.717) is 6.54 Å². The van der Waals surface area contributed by atoms with Gasteiger partial charge in [-0.1, -0.05) is 24.3 Å². The molecule has 1 aromatic carbocycles. The minimum Gasteiger partial charge on any atom is -0.481 e. The molecule has 0 aromatic heterocycles. The summed E-state index contributed by atoms with van der Waals surface area (Å²) in [7, 11) is 0. The number of likely N-dealkylation sites (tertiary alicyclic amines) is 1. The lowest BCUT2D eigenvalue weighted by Crippen LogP contribution is -2.45. The summed E-state index contributed by atoms with van der Waals surface area (Å²) in [5.74, 6) is 0.0968. The molecule has 0 radical (unpaired) electrons. The Morgan fingerprint density at radius 1 is 1.40 bits per heavy atom. The molecule has 1 unspecified atom stereocenters. The number of carbonyl (C=O) groups is 1. The van der Waals surface area contributed by atoms with Gasteiger partial charge in [-0.2, -0.15) is 0 Å². The quantitative estimate of drug-likeness (QED) is 0.915. The molecular formula is C17H23NO2. The number of carboxylic acids is 1. The van der Waals surface area contributed by atoms with Crippen LogP contribution >= 0.6 is 0 Å². The second-order valence-corrected chi connectivity index (χ2v) is 6.65. The van der Waals surface area contributed by atoms with Crippen molar-refractivity contribution in [3.8, 4) is 0 Å². The van der Waals surface area contributed by atoms with Gasteiger partial charge in [0.2, 0.25) is 0 Å². The molecule has 1 heterocycles.